The van der Waals surface area contributed by atoms with Gasteiger partial charge in [-0.15, -0.1) is 0 Å². The van der Waals surface area contributed by atoms with Crippen molar-refractivity contribution in [1.29, 1.82) is 5.26 Å². The second-order valence-electron chi connectivity index (χ2n) is 4.68. The van der Waals surface area contributed by atoms with Gasteiger partial charge in [0, 0.05) is 0 Å². The summed E-state index contributed by atoms with van der Waals surface area (Å²) in [6.45, 7) is 5.31. The monoisotopic (exact) mass is 246 g/mol. The largest absolute Gasteiger partial charge is 0.497 e. The van der Waals surface area contributed by atoms with Gasteiger partial charge in [0.2, 0.25) is 5.91 Å². The van der Waals surface area contributed by atoms with Gasteiger partial charge in [-0.05, 0) is 38.5 Å². The fraction of sp³-hybridized carbons (Fsp3) is 0.429. The van der Waals surface area contributed by atoms with Crippen LogP contribution in [0, 0.1) is 11.3 Å². The molecule has 0 bridgehead atoms. The topological polar surface area (TPSA) is 62.1 Å². The SMILES string of the molecule is COc1ccc(C(C)(C)C(=O)NC(C)C#N)cc1. The summed E-state index contributed by atoms with van der Waals surface area (Å²) in [5, 5.41) is 11.4. The van der Waals surface area contributed by atoms with E-state index in [2.05, 4.69) is 5.32 Å². The molecule has 0 aliphatic heterocycles. The van der Waals surface area contributed by atoms with Crippen LogP contribution in [-0.2, 0) is 10.2 Å². The van der Waals surface area contributed by atoms with Crippen LogP contribution in [0.15, 0.2) is 24.3 Å². The third-order valence-electron chi connectivity index (χ3n) is 2.92. The van der Waals surface area contributed by atoms with Crippen molar-refractivity contribution in [2.24, 2.45) is 0 Å². The molecule has 1 aromatic rings. The Kier molecular flexibility index (Phi) is 4.33. The molecule has 0 aliphatic rings. The van der Waals surface area contributed by atoms with Gasteiger partial charge >= 0.3 is 0 Å². The van der Waals surface area contributed by atoms with E-state index < -0.39 is 11.5 Å². The number of nitrogens with one attached hydrogen (secondary N) is 1. The van der Waals surface area contributed by atoms with E-state index in [-0.39, 0.29) is 5.91 Å². The molecule has 0 heterocycles. The third kappa shape index (κ3) is 3.01. The zero-order valence-electron chi connectivity index (χ0n) is 11.2. The van der Waals surface area contributed by atoms with Gasteiger partial charge in [0.25, 0.3) is 0 Å². The van der Waals surface area contributed by atoms with Crippen molar-refractivity contribution >= 4 is 5.91 Å². The lowest BCUT2D eigenvalue weighted by Gasteiger charge is -2.25. The average Bonchev–Trinajstić information content (AvgIpc) is 2.38. The molecule has 0 spiro atoms. The lowest BCUT2D eigenvalue weighted by atomic mass is 9.83. The number of methoxy groups -OCH3 is 1. The Morgan fingerprint density at radius 2 is 1.94 bits per heavy atom. The molecule has 0 radical (unpaired) electrons. The van der Waals surface area contributed by atoms with Crippen LogP contribution >= 0.6 is 0 Å². The van der Waals surface area contributed by atoms with E-state index in [9.17, 15) is 4.79 Å². The summed E-state index contributed by atoms with van der Waals surface area (Å²) in [4.78, 5) is 12.1. The maximum atomic E-state index is 12.1. The first-order valence-corrected chi connectivity index (χ1v) is 5.77. The van der Waals surface area contributed by atoms with E-state index >= 15 is 0 Å². The summed E-state index contributed by atoms with van der Waals surface area (Å²) in [6.07, 6.45) is 0. The third-order valence-corrected chi connectivity index (χ3v) is 2.92. The van der Waals surface area contributed by atoms with Crippen LogP contribution in [-0.4, -0.2) is 19.1 Å². The van der Waals surface area contributed by atoms with Crippen LogP contribution in [0.3, 0.4) is 0 Å². The Hall–Kier alpha value is -2.02. The summed E-state index contributed by atoms with van der Waals surface area (Å²) in [7, 11) is 1.60. The predicted molar refractivity (Wildman–Crippen MR) is 69.2 cm³/mol. The van der Waals surface area contributed by atoms with Crippen molar-refractivity contribution in [3.05, 3.63) is 29.8 Å². The Balaban J connectivity index is 2.90. The molecular weight excluding hydrogens is 228 g/mol. The standard InChI is InChI=1S/C14H18N2O2/c1-10(9-15)16-13(17)14(2,3)11-5-7-12(18-4)8-6-11/h5-8,10H,1-4H3,(H,16,17). The minimum Gasteiger partial charge on any atom is -0.497 e. The maximum absolute atomic E-state index is 12.1. The predicted octanol–water partition coefficient (Wildman–Crippen LogP) is 2.00. The smallest absolute Gasteiger partial charge is 0.231 e. The summed E-state index contributed by atoms with van der Waals surface area (Å²) in [6, 6.07) is 8.84. The molecule has 0 aromatic heterocycles. The normalized spacial score (nSPS) is 12.4. The molecule has 4 heteroatoms. The number of hydrogen-bond donors (Lipinski definition) is 1. The van der Waals surface area contributed by atoms with Crippen molar-refractivity contribution in [3.63, 3.8) is 0 Å². The maximum Gasteiger partial charge on any atom is 0.231 e. The van der Waals surface area contributed by atoms with E-state index in [1.807, 2.05) is 44.2 Å². The summed E-state index contributed by atoms with van der Waals surface area (Å²) in [5.74, 6) is 0.585. The summed E-state index contributed by atoms with van der Waals surface area (Å²) >= 11 is 0. The number of benzene rings is 1. The average molecular weight is 246 g/mol. The van der Waals surface area contributed by atoms with Gasteiger partial charge in [0.15, 0.2) is 0 Å². The van der Waals surface area contributed by atoms with Crippen molar-refractivity contribution in [2.75, 3.05) is 7.11 Å². The lowest BCUT2D eigenvalue weighted by Crippen LogP contribution is -2.43. The highest BCUT2D eigenvalue weighted by molar-refractivity contribution is 5.87. The van der Waals surface area contributed by atoms with Crippen LogP contribution in [0.1, 0.15) is 26.3 Å². The van der Waals surface area contributed by atoms with Gasteiger partial charge in [-0.1, -0.05) is 12.1 Å². The van der Waals surface area contributed by atoms with Crippen LogP contribution < -0.4 is 10.1 Å². The van der Waals surface area contributed by atoms with Crippen LogP contribution in [0.4, 0.5) is 0 Å². The second kappa shape index (κ2) is 5.54. The van der Waals surface area contributed by atoms with Gasteiger partial charge in [-0.2, -0.15) is 5.26 Å². The van der Waals surface area contributed by atoms with Gasteiger partial charge in [-0.25, -0.2) is 0 Å². The highest BCUT2D eigenvalue weighted by Crippen LogP contribution is 2.25. The van der Waals surface area contributed by atoms with Gasteiger partial charge in [-0.3, -0.25) is 4.79 Å². The highest BCUT2D eigenvalue weighted by Gasteiger charge is 2.30. The van der Waals surface area contributed by atoms with E-state index in [0.717, 1.165) is 11.3 Å². The number of amides is 1. The van der Waals surface area contributed by atoms with Crippen molar-refractivity contribution in [1.82, 2.24) is 5.32 Å². The number of rotatable bonds is 4. The van der Waals surface area contributed by atoms with E-state index in [0.29, 0.717) is 0 Å². The number of ether oxygens (including phenoxy) is 1. The lowest BCUT2D eigenvalue weighted by molar-refractivity contribution is -0.125. The van der Waals surface area contributed by atoms with E-state index in [1.54, 1.807) is 14.0 Å². The molecule has 96 valence electrons. The number of carbonyl (C=O) groups is 1. The fourth-order valence-electron chi connectivity index (χ4n) is 1.55. The molecule has 4 nitrogen and oxygen atoms in total. The number of nitrogens with zero attached hydrogens (tertiary/aromatic N) is 1. The molecule has 1 rings (SSSR count). The molecule has 0 fully saturated rings. The molecule has 1 aromatic carbocycles. The Morgan fingerprint density at radius 1 is 1.39 bits per heavy atom. The molecule has 0 saturated carbocycles. The molecular formula is C14H18N2O2. The molecule has 0 aliphatic carbocycles. The van der Waals surface area contributed by atoms with Gasteiger partial charge in [0.1, 0.15) is 11.8 Å². The zero-order chi connectivity index (χ0) is 13.8. The molecule has 18 heavy (non-hydrogen) atoms. The molecule has 1 atom stereocenters. The highest BCUT2D eigenvalue weighted by atomic mass is 16.5. The zero-order valence-corrected chi connectivity index (χ0v) is 11.2. The van der Waals surface area contributed by atoms with Crippen LogP contribution in [0.5, 0.6) is 5.75 Å². The minimum atomic E-state index is -0.683. The Bertz CT molecular complexity index is 458. The van der Waals surface area contributed by atoms with Crippen LogP contribution in [0.2, 0.25) is 0 Å². The Morgan fingerprint density at radius 3 is 2.39 bits per heavy atom. The van der Waals surface area contributed by atoms with Gasteiger partial charge in [0.05, 0.1) is 18.6 Å². The first-order valence-electron chi connectivity index (χ1n) is 5.77. The first kappa shape index (κ1) is 14.0. The number of nitriles is 1. The molecule has 1 unspecified atom stereocenters. The minimum absolute atomic E-state index is 0.165. The van der Waals surface area contributed by atoms with E-state index in [1.165, 1.54) is 0 Å². The quantitative estimate of drug-likeness (QED) is 0.883. The van der Waals surface area contributed by atoms with Crippen molar-refractivity contribution < 1.29 is 9.53 Å². The van der Waals surface area contributed by atoms with Crippen molar-refractivity contribution in [2.45, 2.75) is 32.2 Å². The van der Waals surface area contributed by atoms with Crippen molar-refractivity contribution in [3.8, 4) is 11.8 Å². The molecule has 1 N–H and O–H groups in total. The number of hydrogen-bond acceptors (Lipinski definition) is 3. The summed E-state index contributed by atoms with van der Waals surface area (Å²) in [5.41, 5.74) is 0.197. The summed E-state index contributed by atoms with van der Waals surface area (Å²) < 4.78 is 5.08. The first-order chi connectivity index (χ1) is 8.41. The van der Waals surface area contributed by atoms with Gasteiger partial charge < -0.3 is 10.1 Å². The van der Waals surface area contributed by atoms with E-state index in [4.69, 9.17) is 10.00 Å². The molecule has 1 amide bonds. The fourth-order valence-corrected chi connectivity index (χ4v) is 1.55. The number of carbonyl (C=O) groups excluding carboxylic acids is 1. The second-order valence-corrected chi connectivity index (χ2v) is 4.68. The molecule has 0 saturated heterocycles. The Labute approximate surface area is 108 Å². The van der Waals surface area contributed by atoms with Crippen LogP contribution in [0.25, 0.3) is 0 Å².